The number of hydrogen-bond acceptors (Lipinski definition) is 8. The van der Waals surface area contributed by atoms with Crippen LogP contribution in [0.25, 0.3) is 0 Å². The molecule has 188 valence electrons. The van der Waals surface area contributed by atoms with Crippen LogP contribution in [-0.4, -0.2) is 71.8 Å². The third-order valence-corrected chi connectivity index (χ3v) is 7.18. The summed E-state index contributed by atoms with van der Waals surface area (Å²) >= 11 is 1.21. The van der Waals surface area contributed by atoms with Gasteiger partial charge < -0.3 is 25.6 Å². The Labute approximate surface area is 201 Å². The molecule has 1 aromatic heterocycles. The fourth-order valence-corrected chi connectivity index (χ4v) is 6.07. The summed E-state index contributed by atoms with van der Waals surface area (Å²) in [6.07, 6.45) is 0.768. The van der Waals surface area contributed by atoms with Crippen molar-refractivity contribution in [1.29, 1.82) is 0 Å². The zero-order valence-electron chi connectivity index (χ0n) is 19.7. The molecule has 2 fully saturated rings. The van der Waals surface area contributed by atoms with Gasteiger partial charge in [-0.25, -0.2) is 14.6 Å². The van der Waals surface area contributed by atoms with E-state index in [1.165, 1.54) is 18.1 Å². The van der Waals surface area contributed by atoms with Crippen LogP contribution in [0.3, 0.4) is 0 Å². The van der Waals surface area contributed by atoms with E-state index in [1.54, 1.807) is 20.8 Å². The van der Waals surface area contributed by atoms with Crippen LogP contribution < -0.4 is 10.6 Å². The van der Waals surface area contributed by atoms with Gasteiger partial charge in [0.2, 0.25) is 5.91 Å². The summed E-state index contributed by atoms with van der Waals surface area (Å²) in [5.74, 6) is -5.25. The Bertz CT molecular complexity index is 948. The van der Waals surface area contributed by atoms with Crippen LogP contribution in [0.1, 0.15) is 47.5 Å². The van der Waals surface area contributed by atoms with Crippen molar-refractivity contribution in [2.75, 3.05) is 0 Å². The van der Waals surface area contributed by atoms with Gasteiger partial charge in [-0.15, -0.1) is 0 Å². The van der Waals surface area contributed by atoms with Crippen molar-refractivity contribution in [3.63, 3.8) is 0 Å². The van der Waals surface area contributed by atoms with E-state index in [1.807, 2.05) is 13.8 Å². The van der Waals surface area contributed by atoms with Gasteiger partial charge in [0, 0.05) is 11.2 Å². The predicted molar refractivity (Wildman–Crippen MR) is 120 cm³/mol. The molecule has 3 rings (SSSR count). The SMILES string of the molecule is CC(C)CC(NC(=O)OC(C)(C)C)C(=O)N[C@@]1(C(=O)O)C[C@H](Sc2ncn[nH]2)[C@H]2[C@H](C(=O)O)[C@H]21. The lowest BCUT2D eigenvalue weighted by Gasteiger charge is -2.32. The highest BCUT2D eigenvalue weighted by Crippen LogP contribution is 2.65. The van der Waals surface area contributed by atoms with E-state index in [2.05, 4.69) is 25.8 Å². The van der Waals surface area contributed by atoms with E-state index in [4.69, 9.17) is 4.74 Å². The normalized spacial score (nSPS) is 28.6. The van der Waals surface area contributed by atoms with E-state index in [-0.39, 0.29) is 18.8 Å². The Morgan fingerprint density at radius 2 is 1.97 bits per heavy atom. The zero-order valence-corrected chi connectivity index (χ0v) is 20.5. The molecule has 2 aliphatic carbocycles. The molecule has 0 bridgehead atoms. The van der Waals surface area contributed by atoms with Crippen molar-refractivity contribution in [3.8, 4) is 0 Å². The lowest BCUT2D eigenvalue weighted by Crippen LogP contribution is -2.61. The van der Waals surface area contributed by atoms with E-state index in [0.29, 0.717) is 5.16 Å². The molecule has 2 aliphatic rings. The monoisotopic (exact) mass is 497 g/mol. The number of aromatic amines is 1. The molecular weight excluding hydrogens is 466 g/mol. The number of thioether (sulfide) groups is 1. The fraction of sp³-hybridized carbons (Fsp3) is 0.714. The number of carboxylic acid groups (broad SMARTS) is 2. The van der Waals surface area contributed by atoms with E-state index in [9.17, 15) is 29.4 Å². The van der Waals surface area contributed by atoms with Gasteiger partial charge in [0.25, 0.3) is 0 Å². The Hall–Kier alpha value is -2.83. The number of aromatic nitrogens is 3. The van der Waals surface area contributed by atoms with Crippen LogP contribution >= 0.6 is 11.8 Å². The van der Waals surface area contributed by atoms with Gasteiger partial charge in [0.05, 0.1) is 5.92 Å². The molecule has 6 atom stereocenters. The minimum atomic E-state index is -1.78. The molecular formula is C21H31N5O7S. The number of alkyl carbamates (subject to hydrolysis) is 1. The first kappa shape index (κ1) is 25.8. The highest BCUT2D eigenvalue weighted by molar-refractivity contribution is 7.99. The quantitative estimate of drug-likeness (QED) is 0.335. The number of aliphatic carboxylic acids is 2. The first-order chi connectivity index (χ1) is 15.7. The summed E-state index contributed by atoms with van der Waals surface area (Å²) in [5.41, 5.74) is -2.56. The van der Waals surface area contributed by atoms with Gasteiger partial charge in [-0.05, 0) is 45.4 Å². The van der Waals surface area contributed by atoms with Crippen LogP contribution in [0.5, 0.6) is 0 Å². The Morgan fingerprint density at radius 1 is 1.29 bits per heavy atom. The number of nitrogens with one attached hydrogen (secondary N) is 3. The molecule has 1 aromatic rings. The van der Waals surface area contributed by atoms with Gasteiger partial charge >= 0.3 is 18.0 Å². The van der Waals surface area contributed by atoms with Gasteiger partial charge in [0.15, 0.2) is 5.16 Å². The van der Waals surface area contributed by atoms with Crippen molar-refractivity contribution in [2.24, 2.45) is 23.7 Å². The maximum atomic E-state index is 13.3. The molecule has 13 heteroatoms. The molecule has 0 aromatic carbocycles. The highest BCUT2D eigenvalue weighted by atomic mass is 32.2. The second-order valence-electron chi connectivity index (χ2n) is 10.2. The third kappa shape index (κ3) is 5.45. The first-order valence-electron chi connectivity index (χ1n) is 11.0. The van der Waals surface area contributed by atoms with E-state index in [0.717, 1.165) is 0 Å². The zero-order chi connectivity index (χ0) is 25.4. The molecule has 0 aliphatic heterocycles. The number of H-pyrrole nitrogens is 1. The standard InChI is InChI=1S/C21H31N5O7S/c1-9(2)6-10(24-19(32)33-20(3,4)5)15(27)25-21(17(30)31)7-11(34-18-22-8-23-26-18)12-13(14(12)21)16(28)29/h8-14H,6-7H2,1-5H3,(H,24,32)(H,25,27)(H,28,29)(H,30,31)(H,22,23,26)/t10?,11-,12-,13-,14-,21-/m0/s1. The summed E-state index contributed by atoms with van der Waals surface area (Å²) in [6.45, 7) is 8.79. The van der Waals surface area contributed by atoms with Gasteiger partial charge in [-0.3, -0.25) is 14.7 Å². The fourth-order valence-electron chi connectivity index (χ4n) is 4.73. The number of carbonyl (C=O) groups is 4. The molecule has 2 saturated carbocycles. The Kier molecular flexibility index (Phi) is 7.15. The molecule has 0 radical (unpaired) electrons. The molecule has 1 unspecified atom stereocenters. The topological polar surface area (TPSA) is 184 Å². The number of amides is 2. The molecule has 1 heterocycles. The largest absolute Gasteiger partial charge is 0.481 e. The summed E-state index contributed by atoms with van der Waals surface area (Å²) in [7, 11) is 0. The minimum Gasteiger partial charge on any atom is -0.481 e. The van der Waals surface area contributed by atoms with Gasteiger partial charge in [-0.2, -0.15) is 5.10 Å². The molecule has 0 spiro atoms. The highest BCUT2D eigenvalue weighted by Gasteiger charge is 2.76. The van der Waals surface area contributed by atoms with Crippen molar-refractivity contribution >= 4 is 35.7 Å². The lowest BCUT2D eigenvalue weighted by atomic mass is 9.89. The van der Waals surface area contributed by atoms with Gasteiger partial charge in [-0.1, -0.05) is 25.6 Å². The molecule has 2 amide bonds. The summed E-state index contributed by atoms with van der Waals surface area (Å²) in [6, 6.07) is -1.05. The molecule has 5 N–H and O–H groups in total. The van der Waals surface area contributed by atoms with Crippen molar-refractivity contribution in [1.82, 2.24) is 25.8 Å². The number of carbonyl (C=O) groups excluding carboxylic acids is 2. The average molecular weight is 498 g/mol. The number of carboxylic acids is 2. The number of fused-ring (bicyclic) bond motifs is 1. The van der Waals surface area contributed by atoms with Crippen LogP contribution in [0.15, 0.2) is 11.5 Å². The molecule has 34 heavy (non-hydrogen) atoms. The summed E-state index contributed by atoms with van der Waals surface area (Å²) in [4.78, 5) is 54.0. The average Bonchev–Trinajstić information content (AvgIpc) is 3.08. The lowest BCUT2D eigenvalue weighted by molar-refractivity contribution is -0.150. The minimum absolute atomic E-state index is 0.00485. The van der Waals surface area contributed by atoms with Crippen molar-refractivity contribution < 1.29 is 34.1 Å². The van der Waals surface area contributed by atoms with Gasteiger partial charge in [0.1, 0.15) is 23.5 Å². The molecule has 0 saturated heterocycles. The number of hydrogen-bond donors (Lipinski definition) is 5. The predicted octanol–water partition coefficient (Wildman–Crippen LogP) is 1.49. The van der Waals surface area contributed by atoms with Crippen LogP contribution in [-0.2, 0) is 19.1 Å². The van der Waals surface area contributed by atoms with Crippen molar-refractivity contribution in [3.05, 3.63) is 6.33 Å². The number of nitrogens with zero attached hydrogens (tertiary/aromatic N) is 2. The molecule has 12 nitrogen and oxygen atoms in total. The number of rotatable bonds is 9. The number of ether oxygens (including phenoxy) is 1. The van der Waals surface area contributed by atoms with E-state index >= 15 is 0 Å². The van der Waals surface area contributed by atoms with Crippen LogP contribution in [0.4, 0.5) is 4.79 Å². The Balaban J connectivity index is 1.83. The smallest absolute Gasteiger partial charge is 0.408 e. The maximum absolute atomic E-state index is 13.3. The third-order valence-electron chi connectivity index (χ3n) is 5.98. The van der Waals surface area contributed by atoms with Crippen molar-refractivity contribution in [2.45, 2.75) is 75.0 Å². The van der Waals surface area contributed by atoms with Crippen LogP contribution in [0, 0.1) is 23.7 Å². The maximum Gasteiger partial charge on any atom is 0.408 e. The summed E-state index contributed by atoms with van der Waals surface area (Å²) < 4.78 is 5.25. The van der Waals surface area contributed by atoms with E-state index < -0.39 is 64.1 Å². The van der Waals surface area contributed by atoms with Crippen LogP contribution in [0.2, 0.25) is 0 Å². The Morgan fingerprint density at radius 3 is 2.47 bits per heavy atom. The first-order valence-corrected chi connectivity index (χ1v) is 11.9. The summed E-state index contributed by atoms with van der Waals surface area (Å²) in [5, 5.41) is 31.5. The second kappa shape index (κ2) is 9.43. The second-order valence-corrected chi connectivity index (χ2v) is 11.4.